The summed E-state index contributed by atoms with van der Waals surface area (Å²) in [4.78, 5) is 28.0. The topological polar surface area (TPSA) is 77.1 Å². The van der Waals surface area contributed by atoms with Crippen molar-refractivity contribution in [3.05, 3.63) is 42.0 Å². The second-order valence-corrected chi connectivity index (χ2v) is 9.15. The van der Waals surface area contributed by atoms with Crippen LogP contribution in [0.4, 0.5) is 11.4 Å². The summed E-state index contributed by atoms with van der Waals surface area (Å²) in [5.74, 6) is 1.76. The number of amides is 2. The third-order valence-corrected chi connectivity index (χ3v) is 5.27. The fourth-order valence-corrected chi connectivity index (χ4v) is 3.66. The molecule has 33 heavy (non-hydrogen) atoms. The lowest BCUT2D eigenvalue weighted by Crippen LogP contribution is -2.43. The first-order valence-corrected chi connectivity index (χ1v) is 11.5. The van der Waals surface area contributed by atoms with Gasteiger partial charge in [0.1, 0.15) is 12.4 Å². The molecule has 0 fully saturated rings. The Kier molecular flexibility index (Phi) is 7.51. The molecule has 0 atom stereocenters. The molecule has 0 bridgehead atoms. The van der Waals surface area contributed by atoms with E-state index in [0.29, 0.717) is 60.6 Å². The maximum absolute atomic E-state index is 13.2. The highest BCUT2D eigenvalue weighted by molar-refractivity contribution is 6.06. The first-order valence-electron chi connectivity index (χ1n) is 11.5. The lowest BCUT2D eigenvalue weighted by molar-refractivity contribution is -0.127. The number of anilines is 2. The van der Waals surface area contributed by atoms with Gasteiger partial charge in [-0.1, -0.05) is 13.8 Å². The van der Waals surface area contributed by atoms with Crippen molar-refractivity contribution in [1.29, 1.82) is 0 Å². The van der Waals surface area contributed by atoms with Crippen molar-refractivity contribution in [2.75, 3.05) is 36.6 Å². The number of nitrogens with one attached hydrogen (secondary N) is 1. The third-order valence-electron chi connectivity index (χ3n) is 5.27. The number of nitrogens with zero attached hydrogens (tertiary/aromatic N) is 1. The second kappa shape index (κ2) is 10.1. The van der Waals surface area contributed by atoms with Crippen molar-refractivity contribution in [3.63, 3.8) is 0 Å². The molecule has 0 aromatic heterocycles. The van der Waals surface area contributed by atoms with Crippen LogP contribution in [0.1, 0.15) is 51.9 Å². The van der Waals surface area contributed by atoms with Crippen LogP contribution in [0.5, 0.6) is 17.2 Å². The fraction of sp³-hybridized carbons (Fsp3) is 0.462. The normalized spacial score (nSPS) is 14.9. The molecule has 1 heterocycles. The van der Waals surface area contributed by atoms with Crippen molar-refractivity contribution < 1.29 is 23.8 Å². The average Bonchev–Trinajstić information content (AvgIpc) is 2.85. The van der Waals surface area contributed by atoms with E-state index < -0.39 is 5.41 Å². The zero-order valence-corrected chi connectivity index (χ0v) is 20.4. The molecule has 0 aliphatic carbocycles. The van der Waals surface area contributed by atoms with Gasteiger partial charge < -0.3 is 24.4 Å². The minimum atomic E-state index is -0.644. The van der Waals surface area contributed by atoms with Gasteiger partial charge in [0.15, 0.2) is 11.5 Å². The molecule has 0 radical (unpaired) electrons. The number of benzene rings is 2. The molecule has 1 N–H and O–H groups in total. The van der Waals surface area contributed by atoms with Gasteiger partial charge in [-0.2, -0.15) is 0 Å². The Morgan fingerprint density at radius 2 is 1.79 bits per heavy atom. The van der Waals surface area contributed by atoms with E-state index >= 15 is 0 Å². The monoisotopic (exact) mass is 454 g/mol. The molecular weight excluding hydrogens is 420 g/mol. The van der Waals surface area contributed by atoms with E-state index in [1.165, 1.54) is 0 Å². The number of rotatable bonds is 8. The summed E-state index contributed by atoms with van der Waals surface area (Å²) in [5, 5.41) is 2.93. The Morgan fingerprint density at radius 1 is 1.09 bits per heavy atom. The van der Waals surface area contributed by atoms with Crippen LogP contribution in [0, 0.1) is 11.3 Å². The van der Waals surface area contributed by atoms with E-state index in [-0.39, 0.29) is 17.7 Å². The van der Waals surface area contributed by atoms with Crippen molar-refractivity contribution in [2.24, 2.45) is 11.3 Å². The van der Waals surface area contributed by atoms with E-state index in [2.05, 4.69) is 19.2 Å². The van der Waals surface area contributed by atoms with Crippen LogP contribution >= 0.6 is 0 Å². The van der Waals surface area contributed by atoms with E-state index in [4.69, 9.17) is 14.2 Å². The molecule has 1 aliphatic heterocycles. The summed E-state index contributed by atoms with van der Waals surface area (Å²) in [5.41, 5.74) is 1.05. The average molecular weight is 455 g/mol. The quantitative estimate of drug-likeness (QED) is 0.597. The van der Waals surface area contributed by atoms with Crippen LogP contribution in [0.15, 0.2) is 36.4 Å². The second-order valence-electron chi connectivity index (χ2n) is 9.15. The van der Waals surface area contributed by atoms with Gasteiger partial charge in [0, 0.05) is 17.8 Å². The lowest BCUT2D eigenvalue weighted by Gasteiger charge is -2.29. The summed E-state index contributed by atoms with van der Waals surface area (Å²) in [6, 6.07) is 10.5. The summed E-state index contributed by atoms with van der Waals surface area (Å²) >= 11 is 0. The Bertz CT molecular complexity index is 1020. The smallest absolute Gasteiger partial charge is 0.255 e. The molecule has 0 saturated heterocycles. The van der Waals surface area contributed by atoms with E-state index in [1.807, 2.05) is 27.7 Å². The molecule has 7 nitrogen and oxygen atoms in total. The van der Waals surface area contributed by atoms with Crippen LogP contribution in [-0.4, -0.2) is 38.2 Å². The standard InChI is InChI=1S/C26H34N2O5/c1-7-31-22-11-9-18(13-23(22)32-8-2)24(29)27-19-10-12-21-20(14-19)28(15-17(3)4)25(30)26(5,6)16-33-21/h9-14,17H,7-8,15-16H2,1-6H3,(H,27,29). The van der Waals surface area contributed by atoms with Crippen molar-refractivity contribution in [1.82, 2.24) is 0 Å². The van der Waals surface area contributed by atoms with Gasteiger partial charge in [-0.05, 0) is 70.0 Å². The molecule has 0 saturated carbocycles. The third kappa shape index (κ3) is 5.59. The molecule has 0 spiro atoms. The maximum Gasteiger partial charge on any atom is 0.255 e. The van der Waals surface area contributed by atoms with Gasteiger partial charge in [0.05, 0.1) is 24.3 Å². The maximum atomic E-state index is 13.2. The first kappa shape index (κ1) is 24.4. The minimum absolute atomic E-state index is 0.00583. The van der Waals surface area contributed by atoms with Gasteiger partial charge in [0.25, 0.3) is 5.91 Å². The Morgan fingerprint density at radius 3 is 2.45 bits per heavy atom. The predicted octanol–water partition coefficient (Wildman–Crippen LogP) is 5.14. The summed E-state index contributed by atoms with van der Waals surface area (Å²) in [6.45, 7) is 13.5. The molecule has 1 aliphatic rings. The first-order chi connectivity index (χ1) is 15.7. The highest BCUT2D eigenvalue weighted by atomic mass is 16.5. The molecule has 2 aromatic carbocycles. The summed E-state index contributed by atoms with van der Waals surface area (Å²) < 4.78 is 17.2. The van der Waals surface area contributed by atoms with Gasteiger partial charge in [-0.25, -0.2) is 0 Å². The zero-order chi connectivity index (χ0) is 24.2. The number of fused-ring (bicyclic) bond motifs is 1. The molecule has 7 heteroatoms. The minimum Gasteiger partial charge on any atom is -0.490 e. The van der Waals surface area contributed by atoms with Crippen LogP contribution in [0.3, 0.4) is 0 Å². The fourth-order valence-electron chi connectivity index (χ4n) is 3.66. The van der Waals surface area contributed by atoms with E-state index in [1.54, 1.807) is 41.3 Å². The lowest BCUT2D eigenvalue weighted by atomic mass is 9.92. The Labute approximate surface area is 196 Å². The summed E-state index contributed by atoms with van der Waals surface area (Å²) in [6.07, 6.45) is 0. The Balaban J connectivity index is 1.90. The largest absolute Gasteiger partial charge is 0.490 e. The Hall–Kier alpha value is -3.22. The van der Waals surface area contributed by atoms with Gasteiger partial charge >= 0.3 is 0 Å². The molecule has 0 unspecified atom stereocenters. The molecule has 178 valence electrons. The molecular formula is C26H34N2O5. The van der Waals surface area contributed by atoms with Crippen molar-refractivity contribution in [2.45, 2.75) is 41.5 Å². The van der Waals surface area contributed by atoms with Crippen LogP contribution in [0.2, 0.25) is 0 Å². The van der Waals surface area contributed by atoms with E-state index in [0.717, 1.165) is 0 Å². The molecule has 2 aromatic rings. The number of ether oxygens (including phenoxy) is 3. The number of hydrogen-bond donors (Lipinski definition) is 1. The number of hydrogen-bond acceptors (Lipinski definition) is 5. The zero-order valence-electron chi connectivity index (χ0n) is 20.4. The van der Waals surface area contributed by atoms with Gasteiger partial charge in [-0.3, -0.25) is 9.59 Å². The number of carbonyl (C=O) groups excluding carboxylic acids is 2. The molecule has 2 amide bonds. The van der Waals surface area contributed by atoms with Crippen LogP contribution in [-0.2, 0) is 4.79 Å². The van der Waals surface area contributed by atoms with Crippen molar-refractivity contribution in [3.8, 4) is 17.2 Å². The van der Waals surface area contributed by atoms with Crippen LogP contribution in [0.25, 0.3) is 0 Å². The van der Waals surface area contributed by atoms with Crippen LogP contribution < -0.4 is 24.4 Å². The van der Waals surface area contributed by atoms with Gasteiger partial charge in [-0.15, -0.1) is 0 Å². The van der Waals surface area contributed by atoms with E-state index in [9.17, 15) is 9.59 Å². The van der Waals surface area contributed by atoms with Crippen molar-refractivity contribution >= 4 is 23.2 Å². The van der Waals surface area contributed by atoms with Gasteiger partial charge in [0.2, 0.25) is 5.91 Å². The number of carbonyl (C=O) groups is 2. The summed E-state index contributed by atoms with van der Waals surface area (Å²) in [7, 11) is 0. The molecule has 3 rings (SSSR count). The highest BCUT2D eigenvalue weighted by Crippen LogP contribution is 2.39. The predicted molar refractivity (Wildman–Crippen MR) is 130 cm³/mol. The highest BCUT2D eigenvalue weighted by Gasteiger charge is 2.38. The SMILES string of the molecule is CCOc1ccc(C(=O)Nc2ccc3c(c2)N(CC(C)C)C(=O)C(C)(C)CO3)cc1OCC.